The van der Waals surface area contributed by atoms with Gasteiger partial charge in [-0.15, -0.1) is 8.78 Å². The largest absolute Gasteiger partial charge is 0.368 e. The van der Waals surface area contributed by atoms with E-state index in [-0.39, 0.29) is 5.69 Å². The van der Waals surface area contributed by atoms with Gasteiger partial charge in [0.1, 0.15) is 12.4 Å². The van der Waals surface area contributed by atoms with E-state index in [0.717, 1.165) is 10.1 Å². The molecule has 0 aliphatic carbocycles. The molecular weight excluding hydrogens is 274 g/mol. The van der Waals surface area contributed by atoms with Crippen LogP contribution in [-0.4, -0.2) is 15.0 Å². The molecule has 3 heterocycles. The van der Waals surface area contributed by atoms with Gasteiger partial charge in [0, 0.05) is 30.1 Å². The molecule has 3 rings (SSSR count). The molecule has 0 aliphatic rings. The van der Waals surface area contributed by atoms with Crippen LogP contribution in [0.15, 0.2) is 49.1 Å². The van der Waals surface area contributed by atoms with Crippen LogP contribution in [0.3, 0.4) is 0 Å². The maximum Gasteiger partial charge on any atom is 0.368 e. The third kappa shape index (κ3) is 2.60. The van der Waals surface area contributed by atoms with Gasteiger partial charge in [-0.2, -0.15) is 0 Å². The number of hydrogen-bond acceptors (Lipinski definition) is 3. The number of nitrogens with zero attached hydrogens (tertiary/aromatic N) is 4. The molecule has 21 heavy (non-hydrogen) atoms. The minimum Gasteiger partial charge on any atom is -0.265 e. The van der Waals surface area contributed by atoms with Crippen molar-refractivity contribution in [1.29, 1.82) is 0 Å². The maximum atomic E-state index is 13.9. The third-order valence-electron chi connectivity index (χ3n) is 2.96. The summed E-state index contributed by atoms with van der Waals surface area (Å²) in [5, 5.41) is 0. The first-order valence-corrected chi connectivity index (χ1v) is 6.25. The monoisotopic (exact) mass is 285 g/mol. The number of pyridine rings is 2. The highest BCUT2D eigenvalue weighted by Crippen LogP contribution is 2.13. The van der Waals surface area contributed by atoms with Gasteiger partial charge in [-0.1, -0.05) is 4.57 Å². The fraction of sp³-hybridized carbons (Fsp3) is 0.0667. The summed E-state index contributed by atoms with van der Waals surface area (Å²) in [5.41, 5.74) is 1.52. The highest BCUT2D eigenvalue weighted by molar-refractivity contribution is 5.53. The van der Waals surface area contributed by atoms with E-state index in [2.05, 4.69) is 15.0 Å². The average molecular weight is 285 g/mol. The smallest absolute Gasteiger partial charge is 0.265 e. The molecule has 0 N–H and O–H groups in total. The number of rotatable bonds is 2. The second-order valence-corrected chi connectivity index (χ2v) is 4.51. The Morgan fingerprint density at radius 2 is 1.52 bits per heavy atom. The summed E-state index contributed by atoms with van der Waals surface area (Å²) >= 11 is 0. The second kappa shape index (κ2) is 5.32. The summed E-state index contributed by atoms with van der Waals surface area (Å²) in [7, 11) is 0. The molecule has 0 aromatic carbocycles. The Kier molecular flexibility index (Phi) is 3.35. The van der Waals surface area contributed by atoms with Crippen LogP contribution < -0.4 is 4.57 Å². The van der Waals surface area contributed by atoms with E-state index in [0.29, 0.717) is 11.4 Å². The van der Waals surface area contributed by atoms with Crippen LogP contribution >= 0.6 is 0 Å². The molecule has 0 atom stereocenters. The summed E-state index contributed by atoms with van der Waals surface area (Å²) in [6.07, 6.45) is 6.01. The van der Waals surface area contributed by atoms with Gasteiger partial charge in [-0.3, -0.25) is 4.98 Å². The second-order valence-electron chi connectivity index (χ2n) is 4.51. The molecule has 0 saturated heterocycles. The molecule has 0 fully saturated rings. The number of aromatic nitrogens is 4. The Bertz CT molecular complexity index is 750. The topological polar surface area (TPSA) is 42.5 Å². The van der Waals surface area contributed by atoms with Crippen molar-refractivity contribution in [1.82, 2.24) is 15.0 Å². The summed E-state index contributed by atoms with van der Waals surface area (Å²) in [4.78, 5) is 12.2. The molecule has 0 amide bonds. The van der Waals surface area contributed by atoms with Gasteiger partial charge in [0.05, 0.1) is 0 Å². The zero-order valence-corrected chi connectivity index (χ0v) is 11.2. The van der Waals surface area contributed by atoms with Gasteiger partial charge in [0.15, 0.2) is 5.82 Å². The Balaban J connectivity index is 2.03. The zero-order valence-electron chi connectivity index (χ0n) is 11.2. The van der Waals surface area contributed by atoms with Gasteiger partial charge in [-0.05, 0) is 24.6 Å². The van der Waals surface area contributed by atoms with Crippen LogP contribution in [0.1, 0.15) is 5.56 Å². The third-order valence-corrected chi connectivity index (χ3v) is 2.96. The quantitative estimate of drug-likeness (QED) is 0.536. The lowest BCUT2D eigenvalue weighted by Crippen LogP contribution is -2.40. The van der Waals surface area contributed by atoms with Crippen molar-refractivity contribution in [3.8, 4) is 17.1 Å². The first-order valence-electron chi connectivity index (χ1n) is 6.25. The lowest BCUT2D eigenvalue weighted by Gasteiger charge is -2.01. The van der Waals surface area contributed by atoms with Gasteiger partial charge in [0.2, 0.25) is 0 Å². The number of halogens is 2. The maximum absolute atomic E-state index is 13.9. The van der Waals surface area contributed by atoms with E-state index in [4.69, 9.17) is 0 Å². The van der Waals surface area contributed by atoms with E-state index in [1.807, 2.05) is 0 Å². The highest BCUT2D eigenvalue weighted by atomic mass is 19.1. The van der Waals surface area contributed by atoms with Crippen LogP contribution in [0.25, 0.3) is 17.1 Å². The standard InChI is InChI=1S/C15H11F2N4/c1-10-6-13(16)21(14(17)7-10)12-8-19-15(20-9-12)11-2-4-18-5-3-11/h2-9H,1H3/q+1. The van der Waals surface area contributed by atoms with E-state index in [1.165, 1.54) is 24.5 Å². The van der Waals surface area contributed by atoms with E-state index in [1.54, 1.807) is 31.5 Å². The Morgan fingerprint density at radius 1 is 0.952 bits per heavy atom. The van der Waals surface area contributed by atoms with Gasteiger partial charge >= 0.3 is 11.9 Å². The van der Waals surface area contributed by atoms with Crippen LogP contribution in [-0.2, 0) is 0 Å². The van der Waals surface area contributed by atoms with Crippen molar-refractivity contribution in [2.45, 2.75) is 6.92 Å². The average Bonchev–Trinajstić information content (AvgIpc) is 2.48. The molecule has 104 valence electrons. The molecule has 6 heteroatoms. The summed E-state index contributed by atoms with van der Waals surface area (Å²) in [5.74, 6) is -0.935. The molecule has 3 aromatic rings. The Morgan fingerprint density at radius 3 is 2.10 bits per heavy atom. The number of hydrogen-bond donors (Lipinski definition) is 0. The molecule has 0 saturated carbocycles. The van der Waals surface area contributed by atoms with Crippen molar-refractivity contribution in [2.24, 2.45) is 0 Å². The predicted octanol–water partition coefficient (Wildman–Crippen LogP) is 2.40. The fourth-order valence-corrected chi connectivity index (χ4v) is 1.98. The summed E-state index contributed by atoms with van der Waals surface area (Å²) < 4.78 is 28.6. The Hall–Kier alpha value is -2.76. The van der Waals surface area contributed by atoms with Crippen LogP contribution in [0, 0.1) is 18.8 Å². The van der Waals surface area contributed by atoms with Crippen LogP contribution in [0.4, 0.5) is 8.78 Å². The van der Waals surface area contributed by atoms with Gasteiger partial charge in [0.25, 0.3) is 5.69 Å². The lowest BCUT2D eigenvalue weighted by molar-refractivity contribution is -0.658. The Labute approximate surface area is 119 Å². The fourth-order valence-electron chi connectivity index (χ4n) is 1.98. The molecule has 0 bridgehead atoms. The highest BCUT2D eigenvalue weighted by Gasteiger charge is 2.21. The summed E-state index contributed by atoms with van der Waals surface area (Å²) in [6, 6.07) is 6.02. The normalized spacial score (nSPS) is 10.6. The van der Waals surface area contributed by atoms with Crippen LogP contribution in [0.2, 0.25) is 0 Å². The molecule has 0 spiro atoms. The summed E-state index contributed by atoms with van der Waals surface area (Å²) in [6.45, 7) is 1.62. The lowest BCUT2D eigenvalue weighted by atomic mass is 10.2. The first-order chi connectivity index (χ1) is 10.1. The van der Waals surface area contributed by atoms with E-state index >= 15 is 0 Å². The van der Waals surface area contributed by atoms with Crippen molar-refractivity contribution >= 4 is 0 Å². The van der Waals surface area contributed by atoms with Crippen molar-refractivity contribution in [3.05, 3.63) is 66.5 Å². The van der Waals surface area contributed by atoms with E-state index in [9.17, 15) is 8.78 Å². The molecule has 0 radical (unpaired) electrons. The number of aryl methyl sites for hydroxylation is 1. The minimum absolute atomic E-state index is 0.225. The van der Waals surface area contributed by atoms with Crippen LogP contribution in [0.5, 0.6) is 0 Å². The van der Waals surface area contributed by atoms with Crippen molar-refractivity contribution in [3.63, 3.8) is 0 Å². The van der Waals surface area contributed by atoms with Crippen molar-refractivity contribution in [2.75, 3.05) is 0 Å². The van der Waals surface area contributed by atoms with E-state index < -0.39 is 11.9 Å². The first kappa shape index (κ1) is 13.2. The SMILES string of the molecule is Cc1cc(F)[n+](-c2cnc(-c3ccncc3)nc2)c(F)c1. The minimum atomic E-state index is -0.701. The zero-order chi connectivity index (χ0) is 14.8. The molecule has 3 aromatic heterocycles. The molecular formula is C15H11F2N4+. The molecule has 4 nitrogen and oxygen atoms in total. The van der Waals surface area contributed by atoms with Gasteiger partial charge in [-0.25, -0.2) is 9.97 Å². The van der Waals surface area contributed by atoms with Gasteiger partial charge < -0.3 is 0 Å². The predicted molar refractivity (Wildman–Crippen MR) is 71.4 cm³/mol. The molecule has 0 aliphatic heterocycles. The van der Waals surface area contributed by atoms with Crippen molar-refractivity contribution < 1.29 is 13.3 Å². The molecule has 0 unspecified atom stereocenters.